The van der Waals surface area contributed by atoms with Gasteiger partial charge in [0.15, 0.2) is 0 Å². The second kappa shape index (κ2) is 33.5. The molecule has 0 aliphatic carbocycles. The van der Waals surface area contributed by atoms with E-state index < -0.39 is 0 Å². The molecule has 4 aliphatic rings. The maximum absolute atomic E-state index is 2.70. The molecule has 0 N–H and O–H groups in total. The van der Waals surface area contributed by atoms with Crippen LogP contribution < -0.4 is 62.2 Å². The zero-order valence-corrected chi connectivity index (χ0v) is 80.7. The van der Waals surface area contributed by atoms with Crippen LogP contribution in [-0.4, -0.2) is 13.4 Å². The molecule has 4 heterocycles. The highest BCUT2D eigenvalue weighted by Crippen LogP contribution is 2.57. The minimum atomic E-state index is -0.331. The standard InChI is InChI=1S/C128H114B2N6/c1-124(2,3)90-69-59-85(60-70-90)100-45-25-32-52-109(100)131(95-39-19-16-20-40-95)98-79-118-122-119(80-98)134(111-54-34-27-47-102(111)87-63-73-92(74-64-87)126(7,8)9)114-57-37-30-50-105(114)129(122)107-83-108-117(84-116(107)133(118)97-43-23-18-24-44-97)136(113-56-36-29-49-104(113)89-67-77-94(78-68-89)128(13,14)15)121-82-99(132(96-41-21-17-22-42-96)110-53-33-26-46-101(110)86-61-71-91(72-62-86)125(4,5)6)81-120-123(121)130(108)106-51-31-38-58-115(106)135(120)112-55-35-28-48-103(112)88-65-75-93(76-66-88)127(10,11)12/h16-84H,1-15H3. The van der Waals surface area contributed by atoms with E-state index in [1.165, 1.54) is 60.6 Å². The molecule has 6 nitrogen and oxygen atoms in total. The van der Waals surface area contributed by atoms with E-state index in [4.69, 9.17) is 0 Å². The maximum atomic E-state index is 2.70. The van der Waals surface area contributed by atoms with Gasteiger partial charge in [-0.15, -0.1) is 0 Å². The van der Waals surface area contributed by atoms with Gasteiger partial charge in [-0.3, -0.25) is 0 Å². The van der Waals surface area contributed by atoms with Crippen LogP contribution in [0.25, 0.3) is 55.6 Å². The lowest BCUT2D eigenvalue weighted by molar-refractivity contribution is 0.590. The fourth-order valence-corrected chi connectivity index (χ4v) is 21.6. The monoisotopic (exact) mass is 1760 g/mol. The summed E-state index contributed by atoms with van der Waals surface area (Å²) >= 11 is 0. The number of para-hydroxylation sites is 10. The van der Waals surface area contributed by atoms with Crippen molar-refractivity contribution in [1.82, 2.24) is 0 Å². The quantitative estimate of drug-likeness (QED) is 0.0946. The van der Waals surface area contributed by atoms with E-state index in [9.17, 15) is 0 Å². The fourth-order valence-electron chi connectivity index (χ4n) is 21.6. The lowest BCUT2D eigenvalue weighted by Gasteiger charge is -2.48. The third-order valence-corrected chi connectivity index (χ3v) is 28.6. The van der Waals surface area contributed by atoms with Crippen molar-refractivity contribution in [2.75, 3.05) is 29.4 Å². The van der Waals surface area contributed by atoms with E-state index in [1.54, 1.807) is 0 Å². The molecule has 0 fully saturated rings. The third kappa shape index (κ3) is 15.2. The SMILES string of the molecule is CC(C)(C)c1ccc(-c2ccccc2N(c2ccccc2)c2cc3c4c(c2)N(c2ccccc2-c2ccc(C(C)(C)C)cc2)c2ccccc2B4c2cc4c(cc2N3c2ccccc2)N(c2ccccc2-c2ccc(C(C)(C)C)cc2)c2cc(N(c3ccccc3)c3ccccc3-c3ccc(C(C)(C)C)cc3)cc3c2B4c2ccccc2N3c2ccccc2-c2ccc(C(C)(C)C)cc2)cc1. The van der Waals surface area contributed by atoms with Crippen LogP contribution in [0.2, 0.25) is 0 Å². The first-order chi connectivity index (χ1) is 65.7. The summed E-state index contributed by atoms with van der Waals surface area (Å²) in [6, 6.07) is 160. The molecule has 0 bridgehead atoms. The molecule has 0 aromatic heterocycles. The number of hydrogen-bond acceptors (Lipinski definition) is 6. The summed E-state index contributed by atoms with van der Waals surface area (Å²) in [5.41, 5.74) is 44.1. The molecule has 0 saturated heterocycles. The van der Waals surface area contributed by atoms with Gasteiger partial charge >= 0.3 is 0 Å². The number of hydrogen-bond donors (Lipinski definition) is 0. The maximum Gasteiger partial charge on any atom is 0.252 e. The van der Waals surface area contributed by atoms with Gasteiger partial charge in [0.1, 0.15) is 0 Å². The van der Waals surface area contributed by atoms with Crippen LogP contribution >= 0.6 is 0 Å². The Kier molecular flexibility index (Phi) is 21.3. The number of rotatable bonds is 15. The van der Waals surface area contributed by atoms with Crippen molar-refractivity contribution in [3.8, 4) is 55.6 Å². The Morgan fingerprint density at radius 1 is 0.176 bits per heavy atom. The minimum Gasteiger partial charge on any atom is -0.311 e. The van der Waals surface area contributed by atoms with E-state index in [0.29, 0.717) is 0 Å². The van der Waals surface area contributed by atoms with Gasteiger partial charge in [0.2, 0.25) is 0 Å². The topological polar surface area (TPSA) is 19.4 Å². The normalized spacial score (nSPS) is 13.2. The van der Waals surface area contributed by atoms with Crippen molar-refractivity contribution in [3.63, 3.8) is 0 Å². The molecule has 18 aromatic carbocycles. The average Bonchev–Trinajstić information content (AvgIpc) is 0.677. The van der Waals surface area contributed by atoms with Gasteiger partial charge < -0.3 is 29.4 Å². The van der Waals surface area contributed by atoms with E-state index >= 15 is 0 Å². The summed E-state index contributed by atoms with van der Waals surface area (Å²) in [4.78, 5) is 15.7. The summed E-state index contributed by atoms with van der Waals surface area (Å²) in [6.07, 6.45) is 0. The molecule has 662 valence electrons. The molecule has 0 saturated carbocycles. The van der Waals surface area contributed by atoms with Crippen LogP contribution in [0.5, 0.6) is 0 Å². The Hall–Kier alpha value is -15.1. The lowest BCUT2D eigenvalue weighted by Crippen LogP contribution is -2.65. The van der Waals surface area contributed by atoms with Crippen molar-refractivity contribution in [1.29, 1.82) is 0 Å². The predicted octanol–water partition coefficient (Wildman–Crippen LogP) is 31.6. The predicted molar refractivity (Wildman–Crippen MR) is 585 cm³/mol. The van der Waals surface area contributed by atoms with Crippen LogP contribution in [0.1, 0.15) is 132 Å². The van der Waals surface area contributed by atoms with Crippen LogP contribution in [0.4, 0.5) is 102 Å². The zero-order valence-electron chi connectivity index (χ0n) is 80.7. The molecule has 0 spiro atoms. The minimum absolute atomic E-state index is 0.0350. The Balaban J connectivity index is 0.871. The lowest BCUT2D eigenvalue weighted by atomic mass is 9.30. The first-order valence-corrected chi connectivity index (χ1v) is 48.4. The molecule has 0 amide bonds. The van der Waals surface area contributed by atoms with Crippen molar-refractivity contribution in [2.45, 2.75) is 131 Å². The first kappa shape index (κ1) is 86.3. The smallest absolute Gasteiger partial charge is 0.252 e. The molecule has 0 radical (unpaired) electrons. The molecule has 18 aromatic rings. The molecule has 0 atom stereocenters. The van der Waals surface area contributed by atoms with Gasteiger partial charge in [-0.2, -0.15) is 0 Å². The summed E-state index contributed by atoms with van der Waals surface area (Å²) < 4.78 is 0. The first-order valence-electron chi connectivity index (χ1n) is 48.4. The number of anilines is 18. The molecule has 22 rings (SSSR count). The van der Waals surface area contributed by atoms with Gasteiger partial charge in [0, 0.05) is 90.4 Å². The number of nitrogens with zero attached hydrogens (tertiary/aromatic N) is 6. The van der Waals surface area contributed by atoms with E-state index in [-0.39, 0.29) is 40.5 Å². The molecule has 136 heavy (non-hydrogen) atoms. The summed E-state index contributed by atoms with van der Waals surface area (Å²) in [5.74, 6) is 0. The van der Waals surface area contributed by atoms with Crippen molar-refractivity contribution >= 4 is 149 Å². The molecule has 8 heteroatoms. The zero-order chi connectivity index (χ0) is 93.4. The Morgan fingerprint density at radius 2 is 0.419 bits per heavy atom. The van der Waals surface area contributed by atoms with Gasteiger partial charge in [-0.05, 0) is 225 Å². The van der Waals surface area contributed by atoms with Gasteiger partial charge in [0.25, 0.3) is 13.4 Å². The van der Waals surface area contributed by atoms with Crippen molar-refractivity contribution in [3.05, 3.63) is 446 Å². The summed E-state index contributed by atoms with van der Waals surface area (Å²) in [5, 5.41) is 0. The van der Waals surface area contributed by atoms with Gasteiger partial charge in [0.05, 0.1) is 39.8 Å². The van der Waals surface area contributed by atoms with Crippen LogP contribution in [0.3, 0.4) is 0 Å². The van der Waals surface area contributed by atoms with Crippen LogP contribution in [-0.2, 0) is 27.1 Å². The Labute approximate surface area is 805 Å². The molecular weight excluding hydrogens is 1640 g/mol. The van der Waals surface area contributed by atoms with Crippen molar-refractivity contribution in [2.24, 2.45) is 0 Å². The number of benzene rings is 18. The molecule has 0 unspecified atom stereocenters. The van der Waals surface area contributed by atoms with Gasteiger partial charge in [-0.1, -0.05) is 413 Å². The van der Waals surface area contributed by atoms with Crippen LogP contribution in [0, 0.1) is 0 Å². The average molecular weight is 1760 g/mol. The molecule has 4 aliphatic heterocycles. The highest BCUT2D eigenvalue weighted by Gasteiger charge is 2.50. The summed E-state index contributed by atoms with van der Waals surface area (Å²) in [6.45, 7) is 33.9. The molecular formula is C128H114B2N6. The highest BCUT2D eigenvalue weighted by atomic mass is 15.2. The second-order valence-corrected chi connectivity index (χ2v) is 42.5. The largest absolute Gasteiger partial charge is 0.311 e. The van der Waals surface area contributed by atoms with Crippen molar-refractivity contribution < 1.29 is 0 Å². The number of fused-ring (bicyclic) bond motifs is 8. The Bertz CT molecular complexity index is 7600. The highest BCUT2D eigenvalue weighted by molar-refractivity contribution is 7.03. The van der Waals surface area contributed by atoms with E-state index in [2.05, 4.69) is 552 Å². The second-order valence-electron chi connectivity index (χ2n) is 42.5. The Morgan fingerprint density at radius 3 is 0.735 bits per heavy atom. The summed E-state index contributed by atoms with van der Waals surface area (Å²) in [7, 11) is 0. The third-order valence-electron chi connectivity index (χ3n) is 28.6. The van der Waals surface area contributed by atoms with Gasteiger partial charge in [-0.25, -0.2) is 0 Å². The fraction of sp³-hybridized carbons (Fsp3) is 0.156. The van der Waals surface area contributed by atoms with E-state index in [1.807, 2.05) is 0 Å². The van der Waals surface area contributed by atoms with Crippen LogP contribution in [0.15, 0.2) is 419 Å². The van der Waals surface area contributed by atoms with E-state index in [0.717, 1.165) is 158 Å².